The van der Waals surface area contributed by atoms with Crippen molar-refractivity contribution in [2.45, 2.75) is 17.4 Å². The Balaban J connectivity index is 1.59. The van der Waals surface area contributed by atoms with Crippen LogP contribution in [0.5, 0.6) is 5.75 Å². The Hall–Kier alpha value is -2.98. The summed E-state index contributed by atoms with van der Waals surface area (Å²) in [5, 5.41) is 0.109. The van der Waals surface area contributed by atoms with E-state index < -0.39 is 21.3 Å². The molecular weight excluding hydrogens is 372 g/mol. The molecular formula is C17H16N4O5S. The van der Waals surface area contributed by atoms with Crippen LogP contribution in [-0.4, -0.2) is 46.9 Å². The van der Waals surface area contributed by atoms with Crippen LogP contribution in [0.15, 0.2) is 57.2 Å². The molecule has 0 amide bonds. The lowest BCUT2D eigenvalue weighted by atomic mass is 10.2. The van der Waals surface area contributed by atoms with Crippen molar-refractivity contribution in [3.05, 3.63) is 63.6 Å². The number of sulfonamides is 1. The highest BCUT2D eigenvalue weighted by Crippen LogP contribution is 2.25. The number of ether oxygens (including phenoxy) is 1. The molecule has 3 aromatic rings. The minimum Gasteiger partial charge on any atom is -0.487 e. The molecule has 4 rings (SSSR count). The highest BCUT2D eigenvalue weighted by atomic mass is 32.2. The summed E-state index contributed by atoms with van der Waals surface area (Å²) >= 11 is 0. The molecule has 1 saturated heterocycles. The smallest absolute Gasteiger partial charge is 0.326 e. The van der Waals surface area contributed by atoms with Crippen molar-refractivity contribution in [1.29, 1.82) is 0 Å². The second-order valence-electron chi connectivity index (χ2n) is 6.20. The lowest BCUT2D eigenvalue weighted by Gasteiger charge is -2.17. The maximum absolute atomic E-state index is 12.9. The van der Waals surface area contributed by atoms with Crippen LogP contribution in [-0.2, 0) is 10.0 Å². The largest absolute Gasteiger partial charge is 0.487 e. The standard InChI is InChI=1S/C17H16N4O5S/c22-16-14-8-13(3-4-15(14)19-17(23)20-16)27(24,25)21-7-5-12(10-21)26-11-2-1-6-18-9-11/h1-4,6,8-9,12H,5,7,10H2,(H2,19,20,22,23)/t12-/m1/s1. The third-order valence-electron chi connectivity index (χ3n) is 4.39. The summed E-state index contributed by atoms with van der Waals surface area (Å²) in [4.78, 5) is 31.8. The van der Waals surface area contributed by atoms with E-state index in [1.54, 1.807) is 24.5 Å². The van der Waals surface area contributed by atoms with Crippen molar-refractivity contribution in [2.24, 2.45) is 0 Å². The summed E-state index contributed by atoms with van der Waals surface area (Å²) in [6.45, 7) is 0.518. The van der Waals surface area contributed by atoms with Gasteiger partial charge < -0.3 is 9.72 Å². The predicted octanol–water partition coefficient (Wildman–Crippen LogP) is 0.453. The normalized spacial score (nSPS) is 18.0. The predicted molar refractivity (Wildman–Crippen MR) is 97.2 cm³/mol. The van der Waals surface area contributed by atoms with E-state index in [9.17, 15) is 18.0 Å². The van der Waals surface area contributed by atoms with Gasteiger partial charge in [-0.2, -0.15) is 4.31 Å². The Morgan fingerprint density at radius 3 is 2.81 bits per heavy atom. The van der Waals surface area contributed by atoms with Crippen LogP contribution in [0.1, 0.15) is 6.42 Å². The number of rotatable bonds is 4. The van der Waals surface area contributed by atoms with E-state index in [1.807, 2.05) is 0 Å². The summed E-state index contributed by atoms with van der Waals surface area (Å²) in [6.07, 6.45) is 3.49. The molecule has 27 heavy (non-hydrogen) atoms. The minimum absolute atomic E-state index is 0.00502. The molecule has 1 aliphatic rings. The third kappa shape index (κ3) is 3.36. The van der Waals surface area contributed by atoms with Gasteiger partial charge >= 0.3 is 5.69 Å². The second kappa shape index (κ2) is 6.63. The number of benzene rings is 1. The zero-order valence-corrected chi connectivity index (χ0v) is 14.9. The zero-order chi connectivity index (χ0) is 19.0. The molecule has 1 aliphatic heterocycles. The first kappa shape index (κ1) is 17.4. The highest BCUT2D eigenvalue weighted by Gasteiger charge is 2.34. The molecule has 0 spiro atoms. The van der Waals surface area contributed by atoms with E-state index in [1.165, 1.54) is 22.5 Å². The summed E-state index contributed by atoms with van der Waals surface area (Å²) in [6, 6.07) is 7.58. The van der Waals surface area contributed by atoms with Gasteiger partial charge in [0.25, 0.3) is 5.56 Å². The first-order chi connectivity index (χ1) is 12.9. The lowest BCUT2D eigenvalue weighted by molar-refractivity contribution is 0.214. The zero-order valence-electron chi connectivity index (χ0n) is 14.1. The highest BCUT2D eigenvalue weighted by molar-refractivity contribution is 7.89. The summed E-state index contributed by atoms with van der Waals surface area (Å²) < 4.78 is 33.0. The van der Waals surface area contributed by atoms with Crippen LogP contribution in [0, 0.1) is 0 Å². The maximum atomic E-state index is 12.9. The van der Waals surface area contributed by atoms with Gasteiger partial charge in [-0.25, -0.2) is 13.2 Å². The van der Waals surface area contributed by atoms with Crippen LogP contribution in [0.25, 0.3) is 10.9 Å². The van der Waals surface area contributed by atoms with Gasteiger partial charge in [-0.15, -0.1) is 0 Å². The van der Waals surface area contributed by atoms with Crippen LogP contribution < -0.4 is 16.0 Å². The molecule has 2 N–H and O–H groups in total. The van der Waals surface area contributed by atoms with Gasteiger partial charge in [-0.05, 0) is 36.8 Å². The molecule has 0 aliphatic carbocycles. The van der Waals surface area contributed by atoms with Gasteiger partial charge in [-0.3, -0.25) is 14.8 Å². The quantitative estimate of drug-likeness (QED) is 0.669. The van der Waals surface area contributed by atoms with Crippen molar-refractivity contribution in [3.8, 4) is 5.75 Å². The number of nitrogens with zero attached hydrogens (tertiary/aromatic N) is 2. The fraction of sp³-hybridized carbons (Fsp3) is 0.235. The maximum Gasteiger partial charge on any atom is 0.326 e. The van der Waals surface area contributed by atoms with Crippen LogP contribution in [0.2, 0.25) is 0 Å². The Labute approximate surface area is 153 Å². The minimum atomic E-state index is -3.79. The molecule has 0 unspecified atom stereocenters. The second-order valence-corrected chi connectivity index (χ2v) is 8.13. The van der Waals surface area contributed by atoms with Crippen LogP contribution in [0.4, 0.5) is 0 Å². The number of nitrogens with one attached hydrogen (secondary N) is 2. The number of hydrogen-bond acceptors (Lipinski definition) is 6. The van der Waals surface area contributed by atoms with E-state index in [4.69, 9.17) is 4.74 Å². The molecule has 1 aromatic carbocycles. The molecule has 1 atom stereocenters. The number of hydrogen-bond donors (Lipinski definition) is 2. The van der Waals surface area contributed by atoms with E-state index >= 15 is 0 Å². The average molecular weight is 388 g/mol. The van der Waals surface area contributed by atoms with E-state index in [0.29, 0.717) is 18.7 Å². The van der Waals surface area contributed by atoms with Gasteiger partial charge in [0.1, 0.15) is 11.9 Å². The summed E-state index contributed by atoms with van der Waals surface area (Å²) in [7, 11) is -3.79. The molecule has 0 radical (unpaired) electrons. The summed E-state index contributed by atoms with van der Waals surface area (Å²) in [5.74, 6) is 0.586. The fourth-order valence-corrected chi connectivity index (χ4v) is 4.59. The molecule has 0 saturated carbocycles. The Morgan fingerprint density at radius 2 is 2.04 bits per heavy atom. The van der Waals surface area contributed by atoms with Crippen LogP contribution in [0.3, 0.4) is 0 Å². The van der Waals surface area contributed by atoms with Gasteiger partial charge in [0.15, 0.2) is 0 Å². The number of H-pyrrole nitrogens is 2. The van der Waals surface area contributed by atoms with Gasteiger partial charge in [0, 0.05) is 12.7 Å². The topological polar surface area (TPSA) is 125 Å². The van der Waals surface area contributed by atoms with E-state index in [0.717, 1.165) is 0 Å². The molecule has 0 bridgehead atoms. The van der Waals surface area contributed by atoms with Crippen molar-refractivity contribution in [1.82, 2.24) is 19.3 Å². The Morgan fingerprint density at radius 1 is 1.19 bits per heavy atom. The van der Waals surface area contributed by atoms with E-state index in [2.05, 4.69) is 15.0 Å². The van der Waals surface area contributed by atoms with Gasteiger partial charge in [-0.1, -0.05) is 0 Å². The number of aromatic amines is 2. The van der Waals surface area contributed by atoms with Gasteiger partial charge in [0.2, 0.25) is 10.0 Å². The summed E-state index contributed by atoms with van der Waals surface area (Å²) in [5.41, 5.74) is -0.995. The van der Waals surface area contributed by atoms with Crippen molar-refractivity contribution in [2.75, 3.05) is 13.1 Å². The molecule has 2 aromatic heterocycles. The Kier molecular flexibility index (Phi) is 4.28. The van der Waals surface area contributed by atoms with Crippen molar-refractivity contribution >= 4 is 20.9 Å². The third-order valence-corrected chi connectivity index (χ3v) is 6.25. The first-order valence-corrected chi connectivity index (χ1v) is 9.71. The first-order valence-electron chi connectivity index (χ1n) is 8.27. The van der Waals surface area contributed by atoms with Crippen LogP contribution >= 0.6 is 0 Å². The fourth-order valence-electron chi connectivity index (χ4n) is 3.08. The number of pyridine rings is 1. The SMILES string of the molecule is O=c1[nH]c(=O)c2cc(S(=O)(=O)N3CC[C@@H](Oc4cccnc4)C3)ccc2[nH]1. The molecule has 9 nitrogen and oxygen atoms in total. The molecule has 1 fully saturated rings. The van der Waals surface area contributed by atoms with E-state index in [-0.39, 0.29) is 28.4 Å². The number of aromatic nitrogens is 3. The lowest BCUT2D eigenvalue weighted by Crippen LogP contribution is -2.31. The molecule has 140 valence electrons. The van der Waals surface area contributed by atoms with Crippen molar-refractivity contribution in [3.63, 3.8) is 0 Å². The van der Waals surface area contributed by atoms with Crippen molar-refractivity contribution < 1.29 is 13.2 Å². The average Bonchev–Trinajstić information content (AvgIpc) is 3.11. The Bertz CT molecular complexity index is 1200. The molecule has 3 heterocycles. The molecule has 10 heteroatoms. The van der Waals surface area contributed by atoms with Gasteiger partial charge in [0.05, 0.1) is 28.5 Å². The number of fused-ring (bicyclic) bond motifs is 1. The monoisotopic (exact) mass is 388 g/mol.